The molecule has 0 spiro atoms. The van der Waals surface area contributed by atoms with Crippen molar-refractivity contribution in [2.45, 2.75) is 38.8 Å². The van der Waals surface area contributed by atoms with Gasteiger partial charge in [-0.2, -0.15) is 0 Å². The van der Waals surface area contributed by atoms with Gasteiger partial charge in [0, 0.05) is 23.8 Å². The van der Waals surface area contributed by atoms with E-state index in [1.54, 1.807) is 57.4 Å². The Kier molecular flexibility index (Phi) is 9.47. The van der Waals surface area contributed by atoms with Gasteiger partial charge in [-0.25, -0.2) is 9.48 Å². The number of hydrogen-bond donors (Lipinski definition) is 1. The monoisotopic (exact) mass is 566 g/mol. The molecule has 10 nitrogen and oxygen atoms in total. The Morgan fingerprint density at radius 1 is 1.14 bits per heavy atom. The number of anilines is 1. The van der Waals surface area contributed by atoms with Crippen LogP contribution in [-0.4, -0.2) is 66.7 Å². The number of pyridine rings is 1. The van der Waals surface area contributed by atoms with E-state index in [0.717, 1.165) is 10.5 Å². The van der Waals surface area contributed by atoms with Gasteiger partial charge in [-0.1, -0.05) is 28.4 Å². The number of carbonyl (C=O) groups excluding carboxylic acids is 3. The van der Waals surface area contributed by atoms with Crippen LogP contribution in [0.15, 0.2) is 48.9 Å². The van der Waals surface area contributed by atoms with Gasteiger partial charge in [0.1, 0.15) is 24.1 Å². The maximum atomic E-state index is 13.2. The number of benzene rings is 1. The van der Waals surface area contributed by atoms with E-state index in [0.29, 0.717) is 16.4 Å². The maximum Gasteiger partial charge on any atom is 0.329 e. The topological polar surface area (TPSA) is 119 Å². The van der Waals surface area contributed by atoms with Crippen LogP contribution in [0.1, 0.15) is 26.3 Å². The van der Waals surface area contributed by atoms with Crippen LogP contribution in [0, 0.1) is 0 Å². The lowest BCUT2D eigenvalue weighted by Gasteiger charge is -2.32. The second-order valence-electron chi connectivity index (χ2n) is 8.96. The predicted molar refractivity (Wildman–Crippen MR) is 140 cm³/mol. The minimum Gasteiger partial charge on any atom is -0.458 e. The molecule has 1 unspecified atom stereocenters. The second-order valence-corrected chi connectivity index (χ2v) is 10.1. The predicted octanol–water partition coefficient (Wildman–Crippen LogP) is 3.93. The second kappa shape index (κ2) is 12.4. The summed E-state index contributed by atoms with van der Waals surface area (Å²) in [6.07, 6.45) is 4.68. The van der Waals surface area contributed by atoms with Gasteiger partial charge in [0.25, 0.3) is 0 Å². The van der Waals surface area contributed by atoms with E-state index < -0.39 is 41.9 Å². The lowest BCUT2D eigenvalue weighted by atomic mass is 10.0. The fourth-order valence-corrected chi connectivity index (χ4v) is 3.85. The molecule has 1 N–H and O–H groups in total. The van der Waals surface area contributed by atoms with Crippen LogP contribution in [0.2, 0.25) is 10.2 Å². The van der Waals surface area contributed by atoms with Gasteiger partial charge in [0.05, 0.1) is 17.6 Å². The van der Waals surface area contributed by atoms with Gasteiger partial charge in [-0.05, 0) is 56.7 Å². The minimum absolute atomic E-state index is 0.0905. The number of ether oxygens (including phenoxy) is 1. The number of hydrogen-bond acceptors (Lipinski definition) is 7. The van der Waals surface area contributed by atoms with Crippen molar-refractivity contribution >= 4 is 58.3 Å². The number of aromatic nitrogens is 4. The fraction of sp³-hybridized carbons (Fsp3) is 0.333. The van der Waals surface area contributed by atoms with Gasteiger partial charge < -0.3 is 15.0 Å². The first-order chi connectivity index (χ1) is 17.5. The molecule has 2 amide bonds. The molecule has 3 rings (SSSR count). The molecule has 2 aromatic heterocycles. The Bertz CT molecular complexity index is 1260. The molecule has 0 aliphatic heterocycles. The maximum absolute atomic E-state index is 13.2. The van der Waals surface area contributed by atoms with E-state index in [4.69, 9.17) is 39.5 Å². The fourth-order valence-electron chi connectivity index (χ4n) is 3.40. The van der Waals surface area contributed by atoms with Crippen LogP contribution in [-0.2, 0) is 25.5 Å². The van der Waals surface area contributed by atoms with E-state index >= 15 is 0 Å². The van der Waals surface area contributed by atoms with Crippen molar-refractivity contribution in [2.24, 2.45) is 0 Å². The molecule has 0 aliphatic carbocycles. The average Bonchev–Trinajstić information content (AvgIpc) is 3.26. The van der Waals surface area contributed by atoms with Crippen molar-refractivity contribution in [1.29, 1.82) is 0 Å². The standard InChI is InChI=1S/C24H25Cl3N6O4/c1-24(2,3)37-23(36)19(10-15-6-8-28-9-7-15)32(22(35)12-25)14-21(34)29-17-11-16(26)4-5-18(17)33-13-20(27)30-31-33/h4-9,11,13,19H,10,12,14H2,1-3H3,(H,29,34). The molecule has 3 aromatic rings. The molecule has 0 bridgehead atoms. The van der Waals surface area contributed by atoms with Crippen LogP contribution in [0.4, 0.5) is 5.69 Å². The van der Waals surface area contributed by atoms with Crippen LogP contribution in [0.5, 0.6) is 0 Å². The van der Waals surface area contributed by atoms with Crippen molar-refractivity contribution < 1.29 is 19.1 Å². The highest BCUT2D eigenvalue weighted by Gasteiger charge is 2.34. The Hall–Kier alpha value is -3.21. The van der Waals surface area contributed by atoms with Crippen molar-refractivity contribution in [3.05, 3.63) is 64.7 Å². The highest BCUT2D eigenvalue weighted by molar-refractivity contribution is 6.31. The summed E-state index contributed by atoms with van der Waals surface area (Å²) in [5, 5.41) is 10.9. The van der Waals surface area contributed by atoms with Crippen LogP contribution in [0.25, 0.3) is 5.69 Å². The van der Waals surface area contributed by atoms with Gasteiger partial charge in [-0.15, -0.1) is 16.7 Å². The Morgan fingerprint density at radius 2 is 1.84 bits per heavy atom. The SMILES string of the molecule is CC(C)(C)OC(=O)C(Cc1ccncc1)N(CC(=O)Nc1cc(Cl)ccc1-n1cc(Cl)nn1)C(=O)CCl. The van der Waals surface area contributed by atoms with E-state index in [2.05, 4.69) is 20.6 Å². The molecular formula is C24H25Cl3N6O4. The van der Waals surface area contributed by atoms with E-state index in [9.17, 15) is 14.4 Å². The first-order valence-electron chi connectivity index (χ1n) is 11.1. The summed E-state index contributed by atoms with van der Waals surface area (Å²) in [7, 11) is 0. The van der Waals surface area contributed by atoms with Gasteiger partial charge in [0.15, 0.2) is 5.15 Å². The average molecular weight is 568 g/mol. The lowest BCUT2D eigenvalue weighted by molar-refractivity contribution is -0.164. The number of esters is 1. The van der Waals surface area contributed by atoms with Crippen LogP contribution >= 0.6 is 34.8 Å². The molecule has 0 radical (unpaired) electrons. The summed E-state index contributed by atoms with van der Waals surface area (Å²) in [5.41, 5.74) is 0.632. The van der Waals surface area contributed by atoms with E-state index in [-0.39, 0.29) is 11.6 Å². The summed E-state index contributed by atoms with van der Waals surface area (Å²) in [4.78, 5) is 44.3. The molecule has 0 fully saturated rings. The van der Waals surface area contributed by atoms with Crippen LogP contribution in [0.3, 0.4) is 0 Å². The van der Waals surface area contributed by atoms with Crippen molar-refractivity contribution in [3.8, 4) is 5.69 Å². The summed E-state index contributed by atoms with van der Waals surface area (Å²) in [5.74, 6) is -2.33. The number of halogens is 3. The Balaban J connectivity index is 1.90. The molecule has 13 heteroatoms. The molecule has 0 aliphatic rings. The number of nitrogens with one attached hydrogen (secondary N) is 1. The lowest BCUT2D eigenvalue weighted by Crippen LogP contribution is -2.51. The zero-order chi connectivity index (χ0) is 27.2. The van der Waals surface area contributed by atoms with Gasteiger partial charge >= 0.3 is 5.97 Å². The number of carbonyl (C=O) groups is 3. The zero-order valence-corrected chi connectivity index (χ0v) is 22.6. The molecular weight excluding hydrogens is 543 g/mol. The minimum atomic E-state index is -1.12. The van der Waals surface area contributed by atoms with E-state index in [1.165, 1.54) is 16.9 Å². The normalized spacial score (nSPS) is 12.1. The number of rotatable bonds is 9. The Morgan fingerprint density at radius 3 is 2.43 bits per heavy atom. The molecule has 1 atom stereocenters. The molecule has 196 valence electrons. The Labute approximate surface area is 228 Å². The highest BCUT2D eigenvalue weighted by Crippen LogP contribution is 2.25. The molecule has 2 heterocycles. The third-order valence-electron chi connectivity index (χ3n) is 4.93. The first-order valence-corrected chi connectivity index (χ1v) is 12.4. The van der Waals surface area contributed by atoms with E-state index in [1.807, 2.05) is 0 Å². The largest absolute Gasteiger partial charge is 0.458 e. The third-order valence-corrected chi connectivity index (χ3v) is 5.56. The highest BCUT2D eigenvalue weighted by atomic mass is 35.5. The molecule has 0 saturated heterocycles. The zero-order valence-electron chi connectivity index (χ0n) is 20.3. The first kappa shape index (κ1) is 28.4. The summed E-state index contributed by atoms with van der Waals surface area (Å²) >= 11 is 17.9. The summed E-state index contributed by atoms with van der Waals surface area (Å²) < 4.78 is 6.93. The van der Waals surface area contributed by atoms with Crippen molar-refractivity contribution in [2.75, 3.05) is 17.7 Å². The molecule has 37 heavy (non-hydrogen) atoms. The number of amides is 2. The van der Waals surface area contributed by atoms with Crippen molar-refractivity contribution in [1.82, 2.24) is 24.9 Å². The number of alkyl halides is 1. The van der Waals surface area contributed by atoms with Gasteiger partial charge in [0.2, 0.25) is 11.8 Å². The van der Waals surface area contributed by atoms with Crippen LogP contribution < -0.4 is 5.32 Å². The van der Waals surface area contributed by atoms with Gasteiger partial charge in [-0.3, -0.25) is 14.6 Å². The summed E-state index contributed by atoms with van der Waals surface area (Å²) in [6.45, 7) is 4.66. The van der Waals surface area contributed by atoms with Crippen molar-refractivity contribution in [3.63, 3.8) is 0 Å². The smallest absolute Gasteiger partial charge is 0.329 e. The summed E-state index contributed by atoms with van der Waals surface area (Å²) in [6, 6.07) is 7.05. The molecule has 0 saturated carbocycles. The molecule has 1 aromatic carbocycles. The quantitative estimate of drug-likeness (QED) is 0.307. The third kappa shape index (κ3) is 8.14. The number of nitrogens with zero attached hydrogens (tertiary/aromatic N) is 5.